The lowest BCUT2D eigenvalue weighted by Crippen LogP contribution is -2.35. The van der Waals surface area contributed by atoms with Crippen LogP contribution in [-0.4, -0.2) is 31.1 Å². The van der Waals surface area contributed by atoms with Crippen molar-refractivity contribution < 1.29 is 14.3 Å². The molecule has 0 unspecified atom stereocenters. The van der Waals surface area contributed by atoms with Crippen molar-refractivity contribution in [3.8, 4) is 5.75 Å². The fraction of sp³-hybridized carbons (Fsp3) is 0.500. The molecule has 0 bridgehead atoms. The number of carbonyl (C=O) groups is 2. The molecule has 6 heteroatoms. The smallest absolute Gasteiger partial charge is 0.319 e. The van der Waals surface area contributed by atoms with E-state index in [-0.39, 0.29) is 30.9 Å². The second kappa shape index (κ2) is 8.92. The van der Waals surface area contributed by atoms with Gasteiger partial charge in [-0.25, -0.2) is 4.79 Å². The van der Waals surface area contributed by atoms with Gasteiger partial charge in [-0.15, -0.1) is 0 Å². The number of hydrogen-bond donors (Lipinski definition) is 3. The highest BCUT2D eigenvalue weighted by Crippen LogP contribution is 2.25. The molecule has 0 aliphatic rings. The molecule has 22 heavy (non-hydrogen) atoms. The van der Waals surface area contributed by atoms with E-state index in [0.29, 0.717) is 18.0 Å². The fourth-order valence-corrected chi connectivity index (χ4v) is 1.86. The van der Waals surface area contributed by atoms with E-state index < -0.39 is 0 Å². The summed E-state index contributed by atoms with van der Waals surface area (Å²) in [7, 11) is 0. The molecular weight excluding hydrogens is 282 g/mol. The largest absolute Gasteiger partial charge is 0.492 e. The predicted octanol–water partition coefficient (Wildman–Crippen LogP) is 2.43. The van der Waals surface area contributed by atoms with Crippen LogP contribution >= 0.6 is 0 Å². The normalized spacial score (nSPS) is 10.2. The monoisotopic (exact) mass is 307 g/mol. The number of benzene rings is 1. The third kappa shape index (κ3) is 6.47. The van der Waals surface area contributed by atoms with Gasteiger partial charge < -0.3 is 20.7 Å². The Bertz CT molecular complexity index is 515. The predicted molar refractivity (Wildman–Crippen MR) is 87.3 cm³/mol. The Morgan fingerprint density at radius 2 is 2.00 bits per heavy atom. The van der Waals surface area contributed by atoms with Crippen LogP contribution in [0.4, 0.5) is 10.5 Å². The molecule has 0 aliphatic carbocycles. The Hall–Kier alpha value is -2.24. The average molecular weight is 307 g/mol. The molecule has 0 aliphatic heterocycles. The lowest BCUT2D eigenvalue weighted by atomic mass is 10.2. The lowest BCUT2D eigenvalue weighted by molar-refractivity contribution is -0.121. The first kappa shape index (κ1) is 17.8. The van der Waals surface area contributed by atoms with E-state index in [4.69, 9.17) is 4.74 Å². The van der Waals surface area contributed by atoms with Gasteiger partial charge in [-0.05, 0) is 45.4 Å². The fourth-order valence-electron chi connectivity index (χ4n) is 1.86. The summed E-state index contributed by atoms with van der Waals surface area (Å²) >= 11 is 0. The van der Waals surface area contributed by atoms with Crippen molar-refractivity contribution in [3.05, 3.63) is 23.8 Å². The summed E-state index contributed by atoms with van der Waals surface area (Å²) in [5.41, 5.74) is 1.66. The maximum Gasteiger partial charge on any atom is 0.319 e. The molecule has 122 valence electrons. The topological polar surface area (TPSA) is 79.5 Å². The highest BCUT2D eigenvalue weighted by molar-refractivity contribution is 5.91. The zero-order valence-corrected chi connectivity index (χ0v) is 13.7. The second-order valence-electron chi connectivity index (χ2n) is 5.29. The van der Waals surface area contributed by atoms with Gasteiger partial charge in [0.25, 0.3) is 0 Å². The summed E-state index contributed by atoms with van der Waals surface area (Å²) in [6.45, 7) is 8.43. The molecule has 0 atom stereocenters. The Labute approximate surface area is 131 Å². The number of amides is 3. The third-order valence-electron chi connectivity index (χ3n) is 2.77. The van der Waals surface area contributed by atoms with Gasteiger partial charge in [0.2, 0.25) is 5.91 Å². The van der Waals surface area contributed by atoms with E-state index in [1.165, 1.54) is 0 Å². The summed E-state index contributed by atoms with van der Waals surface area (Å²) < 4.78 is 5.50. The van der Waals surface area contributed by atoms with Crippen LogP contribution in [0.3, 0.4) is 0 Å². The van der Waals surface area contributed by atoms with Gasteiger partial charge in [0.15, 0.2) is 0 Å². The minimum Gasteiger partial charge on any atom is -0.492 e. The van der Waals surface area contributed by atoms with Crippen LogP contribution in [0.5, 0.6) is 5.75 Å². The molecule has 0 radical (unpaired) electrons. The minimum atomic E-state index is -0.359. The maximum atomic E-state index is 11.8. The van der Waals surface area contributed by atoms with Gasteiger partial charge >= 0.3 is 6.03 Å². The first-order valence-corrected chi connectivity index (χ1v) is 7.50. The van der Waals surface area contributed by atoms with E-state index >= 15 is 0 Å². The van der Waals surface area contributed by atoms with E-state index in [1.807, 2.05) is 39.8 Å². The molecule has 3 N–H and O–H groups in total. The number of nitrogens with one attached hydrogen (secondary N) is 3. The van der Waals surface area contributed by atoms with Crippen LogP contribution in [-0.2, 0) is 4.79 Å². The van der Waals surface area contributed by atoms with Crippen LogP contribution in [0.1, 0.15) is 32.8 Å². The molecule has 6 nitrogen and oxygen atoms in total. The van der Waals surface area contributed by atoms with Crippen molar-refractivity contribution in [2.75, 3.05) is 18.5 Å². The molecule has 0 aromatic heterocycles. The summed E-state index contributed by atoms with van der Waals surface area (Å²) in [4.78, 5) is 23.3. The van der Waals surface area contributed by atoms with Gasteiger partial charge in [0, 0.05) is 19.0 Å². The highest BCUT2D eigenvalue weighted by Gasteiger charge is 2.09. The second-order valence-corrected chi connectivity index (χ2v) is 5.29. The number of rotatable bonds is 7. The molecule has 1 aromatic rings. The number of urea groups is 1. The van der Waals surface area contributed by atoms with Crippen LogP contribution in [0, 0.1) is 6.92 Å². The number of anilines is 1. The Kier molecular flexibility index (Phi) is 7.22. The molecule has 0 heterocycles. The zero-order chi connectivity index (χ0) is 16.5. The average Bonchev–Trinajstić information content (AvgIpc) is 2.41. The third-order valence-corrected chi connectivity index (χ3v) is 2.77. The number of ether oxygens (including phenoxy) is 1. The summed E-state index contributed by atoms with van der Waals surface area (Å²) in [6, 6.07) is 5.30. The minimum absolute atomic E-state index is 0.0827. The van der Waals surface area contributed by atoms with Crippen molar-refractivity contribution in [2.24, 2.45) is 0 Å². The molecule has 0 saturated carbocycles. The molecule has 3 amide bonds. The van der Waals surface area contributed by atoms with Crippen molar-refractivity contribution in [1.82, 2.24) is 10.6 Å². The summed E-state index contributed by atoms with van der Waals surface area (Å²) in [5.74, 6) is 0.552. The highest BCUT2D eigenvalue weighted by atomic mass is 16.5. The summed E-state index contributed by atoms with van der Waals surface area (Å²) in [6.07, 6.45) is 0.248. The van der Waals surface area contributed by atoms with Crippen LogP contribution in [0.15, 0.2) is 18.2 Å². The summed E-state index contributed by atoms with van der Waals surface area (Å²) in [5, 5.41) is 8.15. The quantitative estimate of drug-likeness (QED) is 0.724. The van der Waals surface area contributed by atoms with Crippen LogP contribution in [0.2, 0.25) is 0 Å². The van der Waals surface area contributed by atoms with Crippen molar-refractivity contribution in [1.29, 1.82) is 0 Å². The van der Waals surface area contributed by atoms with Crippen molar-refractivity contribution >= 4 is 17.6 Å². The van der Waals surface area contributed by atoms with Gasteiger partial charge in [-0.3, -0.25) is 4.79 Å². The number of hydrogen-bond acceptors (Lipinski definition) is 3. The molecule has 1 aromatic carbocycles. The molecular formula is C16H25N3O3. The van der Waals surface area contributed by atoms with Crippen LogP contribution in [0.25, 0.3) is 0 Å². The SMILES string of the molecule is CCOc1cc(C)ccc1NC(=O)NCCC(=O)NC(C)C. The Morgan fingerprint density at radius 3 is 2.64 bits per heavy atom. The van der Waals surface area contributed by atoms with Gasteiger partial charge in [0.1, 0.15) is 5.75 Å². The van der Waals surface area contributed by atoms with Gasteiger partial charge in [0.05, 0.1) is 12.3 Å². The number of carbonyl (C=O) groups excluding carboxylic acids is 2. The Morgan fingerprint density at radius 1 is 1.27 bits per heavy atom. The molecule has 0 spiro atoms. The standard InChI is InChI=1S/C16H25N3O3/c1-5-22-14-10-12(4)6-7-13(14)19-16(21)17-9-8-15(20)18-11(2)3/h6-7,10-11H,5,8-9H2,1-4H3,(H,18,20)(H2,17,19,21). The van der Waals surface area contributed by atoms with E-state index in [9.17, 15) is 9.59 Å². The Balaban J connectivity index is 2.47. The lowest BCUT2D eigenvalue weighted by Gasteiger charge is -2.13. The maximum absolute atomic E-state index is 11.8. The van der Waals surface area contributed by atoms with Crippen molar-refractivity contribution in [2.45, 2.75) is 40.2 Å². The molecule has 0 fully saturated rings. The first-order chi connectivity index (χ1) is 10.4. The molecule has 0 saturated heterocycles. The van der Waals surface area contributed by atoms with Gasteiger partial charge in [-0.2, -0.15) is 0 Å². The molecule has 1 rings (SSSR count). The first-order valence-electron chi connectivity index (χ1n) is 7.50. The van der Waals surface area contributed by atoms with E-state index in [0.717, 1.165) is 5.56 Å². The number of aryl methyl sites for hydroxylation is 1. The van der Waals surface area contributed by atoms with Crippen LogP contribution < -0.4 is 20.7 Å². The van der Waals surface area contributed by atoms with E-state index in [1.54, 1.807) is 6.07 Å². The van der Waals surface area contributed by atoms with E-state index in [2.05, 4.69) is 16.0 Å². The van der Waals surface area contributed by atoms with Gasteiger partial charge in [-0.1, -0.05) is 6.07 Å². The van der Waals surface area contributed by atoms with Crippen molar-refractivity contribution in [3.63, 3.8) is 0 Å². The zero-order valence-electron chi connectivity index (χ0n) is 13.7.